The van der Waals surface area contributed by atoms with Crippen LogP contribution in [-0.2, 0) is 19.4 Å². The third kappa shape index (κ3) is 2.56. The van der Waals surface area contributed by atoms with E-state index in [1.807, 2.05) is 16.9 Å². The zero-order chi connectivity index (χ0) is 13.9. The topological polar surface area (TPSA) is 39.1 Å². The predicted molar refractivity (Wildman–Crippen MR) is 79.0 cm³/mol. The zero-order valence-electron chi connectivity index (χ0n) is 12.1. The minimum atomic E-state index is 0.374. The highest BCUT2D eigenvalue weighted by Gasteiger charge is 2.20. The number of ether oxygens (including phenoxy) is 1. The predicted octanol–water partition coefficient (Wildman–Crippen LogP) is 2.34. The van der Waals surface area contributed by atoms with Gasteiger partial charge in [-0.2, -0.15) is 5.10 Å². The van der Waals surface area contributed by atoms with Crippen LogP contribution < -0.4 is 10.1 Å². The fourth-order valence-electron chi connectivity index (χ4n) is 2.86. The van der Waals surface area contributed by atoms with E-state index in [4.69, 9.17) is 4.74 Å². The summed E-state index contributed by atoms with van der Waals surface area (Å²) in [7, 11) is 1.72. The molecule has 0 saturated carbocycles. The van der Waals surface area contributed by atoms with Crippen molar-refractivity contribution in [3.8, 4) is 5.75 Å². The first-order chi connectivity index (χ1) is 9.80. The van der Waals surface area contributed by atoms with Crippen molar-refractivity contribution in [2.75, 3.05) is 13.7 Å². The maximum Gasteiger partial charge on any atom is 0.119 e. The molecule has 3 rings (SSSR count). The van der Waals surface area contributed by atoms with Crippen LogP contribution in [0.3, 0.4) is 0 Å². The number of benzene rings is 1. The molecule has 4 heteroatoms. The van der Waals surface area contributed by atoms with Gasteiger partial charge in [-0.1, -0.05) is 6.07 Å². The summed E-state index contributed by atoms with van der Waals surface area (Å²) in [6, 6.07) is 6.78. The lowest BCUT2D eigenvalue weighted by atomic mass is 9.91. The second-order valence-corrected chi connectivity index (χ2v) is 5.23. The molecule has 0 fully saturated rings. The molecule has 1 aliphatic rings. The molecule has 0 bridgehead atoms. The second kappa shape index (κ2) is 5.67. The molecule has 0 aliphatic carbocycles. The molecule has 106 valence electrons. The van der Waals surface area contributed by atoms with Crippen LogP contribution in [0.5, 0.6) is 5.75 Å². The maximum absolute atomic E-state index is 5.32. The van der Waals surface area contributed by atoms with Crippen molar-refractivity contribution in [3.05, 3.63) is 47.3 Å². The molecule has 1 aromatic carbocycles. The summed E-state index contributed by atoms with van der Waals surface area (Å²) >= 11 is 0. The Balaban J connectivity index is 1.82. The Labute approximate surface area is 119 Å². The number of methoxy groups -OCH3 is 1. The molecule has 1 N–H and O–H groups in total. The van der Waals surface area contributed by atoms with Crippen molar-refractivity contribution >= 4 is 0 Å². The highest BCUT2D eigenvalue weighted by molar-refractivity contribution is 5.39. The highest BCUT2D eigenvalue weighted by atomic mass is 16.5. The zero-order valence-corrected chi connectivity index (χ0v) is 12.1. The quantitative estimate of drug-likeness (QED) is 0.927. The molecule has 1 unspecified atom stereocenters. The van der Waals surface area contributed by atoms with E-state index in [2.05, 4.69) is 35.7 Å². The van der Waals surface area contributed by atoms with Crippen LogP contribution in [0.25, 0.3) is 0 Å². The van der Waals surface area contributed by atoms with Crippen molar-refractivity contribution in [2.45, 2.75) is 32.4 Å². The number of aromatic nitrogens is 2. The summed E-state index contributed by atoms with van der Waals surface area (Å²) in [4.78, 5) is 0. The molecule has 0 amide bonds. The van der Waals surface area contributed by atoms with Gasteiger partial charge in [0.25, 0.3) is 0 Å². The van der Waals surface area contributed by atoms with Gasteiger partial charge in [0.05, 0.1) is 13.3 Å². The van der Waals surface area contributed by atoms with E-state index in [1.165, 1.54) is 16.7 Å². The standard InChI is InChI=1S/C16H21N3O/c1-3-19-11-12(10-18-19)8-16-15-5-4-14(20-2)9-13(15)6-7-17-16/h4-5,9-11,16-17H,3,6-8H2,1-2H3. The Bertz CT molecular complexity index is 591. The molecule has 0 radical (unpaired) electrons. The number of hydrogen-bond acceptors (Lipinski definition) is 3. The van der Waals surface area contributed by atoms with E-state index in [0.29, 0.717) is 6.04 Å². The molecular weight excluding hydrogens is 250 g/mol. The molecule has 1 aliphatic heterocycles. The lowest BCUT2D eigenvalue weighted by molar-refractivity contribution is 0.412. The van der Waals surface area contributed by atoms with Gasteiger partial charge in [-0.15, -0.1) is 0 Å². The van der Waals surface area contributed by atoms with Crippen molar-refractivity contribution in [1.29, 1.82) is 0 Å². The van der Waals surface area contributed by atoms with E-state index >= 15 is 0 Å². The summed E-state index contributed by atoms with van der Waals surface area (Å²) in [5.41, 5.74) is 4.07. The molecule has 1 aromatic heterocycles. The first-order valence-electron chi connectivity index (χ1n) is 7.21. The Kier molecular flexibility index (Phi) is 3.74. The van der Waals surface area contributed by atoms with Gasteiger partial charge in [-0.25, -0.2) is 0 Å². The number of fused-ring (bicyclic) bond motifs is 1. The smallest absolute Gasteiger partial charge is 0.119 e. The number of hydrogen-bond donors (Lipinski definition) is 1. The minimum Gasteiger partial charge on any atom is -0.497 e. The Hall–Kier alpha value is -1.81. The molecule has 1 atom stereocenters. The van der Waals surface area contributed by atoms with E-state index in [9.17, 15) is 0 Å². The van der Waals surface area contributed by atoms with Crippen LogP contribution in [0.1, 0.15) is 29.7 Å². The van der Waals surface area contributed by atoms with Gasteiger partial charge >= 0.3 is 0 Å². The highest BCUT2D eigenvalue weighted by Crippen LogP contribution is 2.28. The van der Waals surface area contributed by atoms with Crippen molar-refractivity contribution in [1.82, 2.24) is 15.1 Å². The van der Waals surface area contributed by atoms with Gasteiger partial charge in [0.1, 0.15) is 5.75 Å². The van der Waals surface area contributed by atoms with Gasteiger partial charge in [0.2, 0.25) is 0 Å². The lowest BCUT2D eigenvalue weighted by Crippen LogP contribution is -2.31. The number of rotatable bonds is 4. The van der Waals surface area contributed by atoms with Crippen LogP contribution in [-0.4, -0.2) is 23.4 Å². The summed E-state index contributed by atoms with van der Waals surface area (Å²) < 4.78 is 7.30. The maximum atomic E-state index is 5.32. The second-order valence-electron chi connectivity index (χ2n) is 5.23. The normalized spacial score (nSPS) is 17.8. The van der Waals surface area contributed by atoms with Crippen LogP contribution in [0.4, 0.5) is 0 Å². The first kappa shape index (κ1) is 13.2. The molecule has 0 saturated heterocycles. The average molecular weight is 271 g/mol. The van der Waals surface area contributed by atoms with Crippen molar-refractivity contribution in [2.24, 2.45) is 0 Å². The average Bonchev–Trinajstić information content (AvgIpc) is 2.94. The van der Waals surface area contributed by atoms with Gasteiger partial charge in [0.15, 0.2) is 0 Å². The third-order valence-corrected chi connectivity index (χ3v) is 3.96. The summed E-state index contributed by atoms with van der Waals surface area (Å²) in [5.74, 6) is 0.947. The molecule has 0 spiro atoms. The van der Waals surface area contributed by atoms with Crippen LogP contribution >= 0.6 is 0 Å². The summed E-state index contributed by atoms with van der Waals surface area (Å²) in [6.07, 6.45) is 6.17. The van der Waals surface area contributed by atoms with E-state index in [1.54, 1.807) is 7.11 Å². The number of nitrogens with zero attached hydrogens (tertiary/aromatic N) is 2. The molecule has 20 heavy (non-hydrogen) atoms. The van der Waals surface area contributed by atoms with Gasteiger partial charge in [-0.3, -0.25) is 4.68 Å². The van der Waals surface area contributed by atoms with Gasteiger partial charge < -0.3 is 10.1 Å². The third-order valence-electron chi connectivity index (χ3n) is 3.96. The molecule has 2 heterocycles. The fraction of sp³-hybridized carbons (Fsp3) is 0.438. The lowest BCUT2D eigenvalue weighted by Gasteiger charge is -2.27. The largest absolute Gasteiger partial charge is 0.497 e. The van der Waals surface area contributed by atoms with E-state index < -0.39 is 0 Å². The van der Waals surface area contributed by atoms with Gasteiger partial charge in [0, 0.05) is 18.8 Å². The Morgan fingerprint density at radius 2 is 2.35 bits per heavy atom. The van der Waals surface area contributed by atoms with Crippen LogP contribution in [0, 0.1) is 0 Å². The number of aryl methyl sites for hydroxylation is 1. The van der Waals surface area contributed by atoms with Crippen LogP contribution in [0.2, 0.25) is 0 Å². The van der Waals surface area contributed by atoms with Gasteiger partial charge in [-0.05, 0) is 55.1 Å². The molecule has 4 nitrogen and oxygen atoms in total. The summed E-state index contributed by atoms with van der Waals surface area (Å²) in [5, 5.41) is 7.96. The van der Waals surface area contributed by atoms with E-state index in [0.717, 1.165) is 31.7 Å². The monoisotopic (exact) mass is 271 g/mol. The van der Waals surface area contributed by atoms with Crippen molar-refractivity contribution in [3.63, 3.8) is 0 Å². The summed E-state index contributed by atoms with van der Waals surface area (Å²) in [6.45, 7) is 4.05. The Morgan fingerprint density at radius 3 is 3.10 bits per heavy atom. The van der Waals surface area contributed by atoms with Crippen molar-refractivity contribution < 1.29 is 4.74 Å². The fourth-order valence-corrected chi connectivity index (χ4v) is 2.86. The first-order valence-corrected chi connectivity index (χ1v) is 7.21. The number of nitrogens with one attached hydrogen (secondary N) is 1. The molecular formula is C16H21N3O. The minimum absolute atomic E-state index is 0.374. The SMILES string of the molecule is CCn1cc(CC2NCCc3cc(OC)ccc32)cn1. The molecule has 2 aromatic rings. The Morgan fingerprint density at radius 1 is 1.45 bits per heavy atom. The van der Waals surface area contributed by atoms with Crippen LogP contribution in [0.15, 0.2) is 30.6 Å². The van der Waals surface area contributed by atoms with E-state index in [-0.39, 0.29) is 0 Å².